The first-order valence-corrected chi connectivity index (χ1v) is 9.39. The van der Waals surface area contributed by atoms with Crippen molar-refractivity contribution in [2.24, 2.45) is 0 Å². The molecule has 0 spiro atoms. The van der Waals surface area contributed by atoms with Crippen LogP contribution in [0.15, 0.2) is 6.07 Å². The smallest absolute Gasteiger partial charge is 0.338 e. The van der Waals surface area contributed by atoms with Gasteiger partial charge in [0, 0.05) is 6.42 Å². The molecule has 2 rings (SSSR count). The van der Waals surface area contributed by atoms with Crippen LogP contribution in [-0.2, 0) is 16.0 Å². The summed E-state index contributed by atoms with van der Waals surface area (Å²) in [5.41, 5.74) is -2.53. The number of carbonyl (C=O) groups excluding carboxylic acids is 2. The van der Waals surface area contributed by atoms with Crippen molar-refractivity contribution < 1.29 is 38.8 Å². The molecule has 3 N–H and O–H groups in total. The van der Waals surface area contributed by atoms with Gasteiger partial charge in [-0.15, -0.1) is 0 Å². The van der Waals surface area contributed by atoms with Crippen LogP contribution in [0, 0.1) is 5.82 Å². The van der Waals surface area contributed by atoms with Gasteiger partial charge in [-0.25, -0.2) is 4.79 Å². The average molecular weight is 502 g/mol. The van der Waals surface area contributed by atoms with E-state index >= 15 is 0 Å². The van der Waals surface area contributed by atoms with Crippen LogP contribution < -0.4 is 0 Å². The molecule has 160 valence electrons. The Morgan fingerprint density at radius 1 is 1.07 bits per heavy atom. The molecule has 0 aliphatic carbocycles. The van der Waals surface area contributed by atoms with E-state index in [2.05, 4.69) is 4.74 Å². The number of esters is 1. The van der Waals surface area contributed by atoms with Crippen LogP contribution in [0.25, 0.3) is 0 Å². The number of aromatic hydroxyl groups is 2. The van der Waals surface area contributed by atoms with E-state index in [1.807, 2.05) is 0 Å². The van der Waals surface area contributed by atoms with Gasteiger partial charge in [-0.05, 0) is 18.1 Å². The lowest BCUT2D eigenvalue weighted by molar-refractivity contribution is -0.140. The second-order valence-corrected chi connectivity index (χ2v) is 7.32. The maximum atomic E-state index is 14.3. The first-order valence-electron chi connectivity index (χ1n) is 7.87. The van der Waals surface area contributed by atoms with Gasteiger partial charge in [0.05, 0.1) is 43.9 Å². The van der Waals surface area contributed by atoms with Crippen molar-refractivity contribution in [3.8, 4) is 11.5 Å². The molecule has 0 aliphatic rings. The van der Waals surface area contributed by atoms with Gasteiger partial charge < -0.3 is 20.1 Å². The molecular weight excluding hydrogens is 491 g/mol. The first kappa shape index (κ1) is 24.0. The zero-order valence-electron chi connectivity index (χ0n) is 14.9. The molecule has 0 unspecified atom stereocenters. The van der Waals surface area contributed by atoms with Crippen LogP contribution in [0.3, 0.4) is 0 Å². The number of hydrogen-bond acceptors (Lipinski definition) is 6. The Morgan fingerprint density at radius 3 is 2.17 bits per heavy atom. The van der Waals surface area contributed by atoms with Crippen molar-refractivity contribution in [2.45, 2.75) is 12.8 Å². The van der Waals surface area contributed by atoms with Crippen molar-refractivity contribution in [3.63, 3.8) is 0 Å². The number of aromatic carboxylic acids is 1. The molecule has 0 saturated heterocycles. The van der Waals surface area contributed by atoms with Gasteiger partial charge in [-0.3, -0.25) is 9.59 Å². The number of phenolic OH excluding ortho intramolecular Hbond substituents is 2. The third-order valence-electron chi connectivity index (χ3n) is 4.07. The van der Waals surface area contributed by atoms with E-state index in [0.717, 1.165) is 13.2 Å². The summed E-state index contributed by atoms with van der Waals surface area (Å²) in [4.78, 5) is 36.0. The molecule has 2 aromatic rings. The number of carboxylic acids is 1. The highest BCUT2D eigenvalue weighted by Crippen LogP contribution is 2.43. The van der Waals surface area contributed by atoms with Gasteiger partial charge in [0.25, 0.3) is 0 Å². The highest BCUT2D eigenvalue weighted by molar-refractivity contribution is 6.54. The Morgan fingerprint density at radius 2 is 1.63 bits per heavy atom. The fourth-order valence-corrected chi connectivity index (χ4v) is 3.58. The van der Waals surface area contributed by atoms with E-state index in [1.165, 1.54) is 0 Å². The number of rotatable bonds is 6. The normalized spacial score (nSPS) is 10.7. The Balaban J connectivity index is 2.74. The number of hydrogen-bond donors (Lipinski definition) is 3. The summed E-state index contributed by atoms with van der Waals surface area (Å²) in [6.45, 7) is 0. The van der Waals surface area contributed by atoms with Crippen LogP contribution in [0.4, 0.5) is 4.39 Å². The van der Waals surface area contributed by atoms with Crippen molar-refractivity contribution in [2.75, 3.05) is 7.11 Å². The highest BCUT2D eigenvalue weighted by atomic mass is 35.5. The Labute approximate surface area is 188 Å². The lowest BCUT2D eigenvalue weighted by atomic mass is 9.96. The minimum atomic E-state index is -1.69. The number of benzene rings is 2. The molecular formula is C18H11Cl4FO7. The standard InChI is InChI=1S/C18H11Cl4FO7/c1-30-7(24)3-2-5-4-6(17(27)14(23)15(5)25)16(26)8-9(18(28)29)11(20)13(22)12(21)10(8)19/h4,25,27H,2-3H2,1H3,(H,28,29)/i18+2. The number of methoxy groups -OCH3 is 1. The maximum Gasteiger partial charge on any atom is 0.338 e. The average Bonchev–Trinajstić information content (AvgIpc) is 2.71. The molecule has 0 bridgehead atoms. The van der Waals surface area contributed by atoms with Crippen molar-refractivity contribution in [3.05, 3.63) is 54.2 Å². The van der Waals surface area contributed by atoms with E-state index < -0.39 is 71.8 Å². The number of carboxylic acid groups (broad SMARTS) is 1. The number of ether oxygens (including phenoxy) is 1. The van der Waals surface area contributed by atoms with E-state index in [0.29, 0.717) is 0 Å². The number of halogens is 5. The summed E-state index contributed by atoms with van der Waals surface area (Å²) in [7, 11) is 1.12. The second kappa shape index (κ2) is 9.26. The minimum Gasteiger partial charge on any atom is -0.505 e. The quantitative estimate of drug-likeness (QED) is 0.223. The predicted molar refractivity (Wildman–Crippen MR) is 107 cm³/mol. The predicted octanol–water partition coefficient (Wildman–Crippen LogP) is 4.89. The van der Waals surface area contributed by atoms with Crippen molar-refractivity contribution in [1.82, 2.24) is 0 Å². The maximum absolute atomic E-state index is 14.3. The zero-order valence-corrected chi connectivity index (χ0v) is 17.9. The van der Waals surface area contributed by atoms with E-state index in [9.17, 15) is 34.1 Å². The fourth-order valence-electron chi connectivity index (χ4n) is 2.57. The van der Waals surface area contributed by atoms with Crippen LogP contribution in [0.5, 0.6) is 11.5 Å². The lowest BCUT2D eigenvalue weighted by Gasteiger charge is -2.15. The third kappa shape index (κ3) is 4.27. The summed E-state index contributed by atoms with van der Waals surface area (Å²) < 4.78 is 18.8. The monoisotopic (exact) mass is 500 g/mol. The van der Waals surface area contributed by atoms with Gasteiger partial charge >= 0.3 is 11.9 Å². The number of phenols is 2. The van der Waals surface area contributed by atoms with Crippen LogP contribution in [0.2, 0.25) is 20.1 Å². The summed E-state index contributed by atoms with van der Waals surface area (Å²) in [6.07, 6.45) is -0.528. The number of aryl methyl sites for hydroxylation is 1. The molecule has 30 heavy (non-hydrogen) atoms. The molecule has 0 saturated carbocycles. The molecule has 0 heterocycles. The van der Waals surface area contributed by atoms with Gasteiger partial charge in [0.1, 0.15) is 0 Å². The first-order chi connectivity index (χ1) is 13.9. The molecule has 12 heteroatoms. The Kier molecular flexibility index (Phi) is 7.41. The number of carbonyl (C=O) groups is 3. The summed E-state index contributed by atoms with van der Waals surface area (Å²) in [5.74, 6) is -7.44. The SMILES string of the molecule is COC(=O)CCc1cc(C(=O)c2c(Cl)c(Cl)c(Cl)c(Cl)c2[14C](=O)O)c(O)c(F)c1O. The van der Waals surface area contributed by atoms with Gasteiger partial charge in [0.15, 0.2) is 17.3 Å². The summed E-state index contributed by atoms with van der Waals surface area (Å²) >= 11 is 23.6. The Bertz CT molecular complexity index is 1090. The molecule has 2 aromatic carbocycles. The zero-order chi connectivity index (χ0) is 22.9. The topological polar surface area (TPSA) is 121 Å². The van der Waals surface area contributed by atoms with E-state index in [-0.39, 0.29) is 18.4 Å². The highest BCUT2D eigenvalue weighted by Gasteiger charge is 2.32. The van der Waals surface area contributed by atoms with E-state index in [4.69, 9.17) is 46.4 Å². The summed E-state index contributed by atoms with van der Waals surface area (Å²) in [6, 6.07) is 0.886. The van der Waals surface area contributed by atoms with Gasteiger partial charge in [-0.1, -0.05) is 46.4 Å². The number of ketones is 1. The van der Waals surface area contributed by atoms with Crippen LogP contribution in [-0.4, -0.2) is 40.2 Å². The fraction of sp³-hybridized carbons (Fsp3) is 0.167. The van der Waals surface area contributed by atoms with Crippen molar-refractivity contribution in [1.29, 1.82) is 0 Å². The van der Waals surface area contributed by atoms with Crippen molar-refractivity contribution >= 4 is 64.1 Å². The van der Waals surface area contributed by atoms with Crippen LogP contribution in [0.1, 0.15) is 38.3 Å². The molecule has 0 radical (unpaired) electrons. The molecule has 0 atom stereocenters. The third-order valence-corrected chi connectivity index (χ3v) is 5.87. The lowest BCUT2D eigenvalue weighted by Crippen LogP contribution is -2.13. The second-order valence-electron chi connectivity index (χ2n) is 5.81. The Hall–Kier alpha value is -2.26. The molecule has 7 nitrogen and oxygen atoms in total. The minimum absolute atomic E-state index is 0.224. The molecule has 0 aromatic heterocycles. The molecule has 0 aliphatic heterocycles. The molecule has 0 fully saturated rings. The van der Waals surface area contributed by atoms with E-state index in [1.54, 1.807) is 0 Å². The largest absolute Gasteiger partial charge is 0.505 e. The van der Waals surface area contributed by atoms with Gasteiger partial charge in [-0.2, -0.15) is 4.39 Å². The van der Waals surface area contributed by atoms with Crippen LogP contribution >= 0.6 is 46.4 Å². The summed E-state index contributed by atoms with van der Waals surface area (Å²) in [5, 5.41) is 27.4. The van der Waals surface area contributed by atoms with Gasteiger partial charge in [0.2, 0.25) is 5.82 Å². The molecule has 0 amide bonds.